The molecule has 6 nitrogen and oxygen atoms in total. The summed E-state index contributed by atoms with van der Waals surface area (Å²) in [7, 11) is 0. The molecule has 0 aromatic carbocycles. The Morgan fingerprint density at radius 1 is 0.812 bits per heavy atom. The molecule has 0 saturated heterocycles. The number of carbonyl (C=O) groups is 2. The van der Waals surface area contributed by atoms with Gasteiger partial charge in [0.15, 0.2) is 0 Å². The maximum absolute atomic E-state index is 10.8. The van der Waals surface area contributed by atoms with E-state index in [1.54, 1.807) is 27.7 Å². The number of carbonyl (C=O) groups excluding carboxylic acids is 2. The summed E-state index contributed by atoms with van der Waals surface area (Å²) in [5, 5.41) is 21.5. The van der Waals surface area contributed by atoms with Gasteiger partial charge in [0.05, 0.1) is 24.1 Å². The first-order valence-corrected chi connectivity index (χ1v) is 4.98. The first kappa shape index (κ1) is 14.9. The third-order valence-electron chi connectivity index (χ3n) is 1.58. The van der Waals surface area contributed by atoms with E-state index >= 15 is 0 Å². The van der Waals surface area contributed by atoms with E-state index < -0.39 is 36.4 Å². The van der Waals surface area contributed by atoms with Gasteiger partial charge in [-0.05, 0) is 27.7 Å². The minimum absolute atomic E-state index is 0.458. The van der Waals surface area contributed by atoms with Crippen LogP contribution in [0.2, 0.25) is 0 Å². The van der Waals surface area contributed by atoms with Crippen molar-refractivity contribution in [2.24, 2.45) is 0 Å². The third kappa shape index (κ3) is 5.09. The Labute approximate surface area is 94.2 Å². The third-order valence-corrected chi connectivity index (χ3v) is 1.58. The zero-order valence-electron chi connectivity index (χ0n) is 9.76. The highest BCUT2D eigenvalue weighted by Crippen LogP contribution is 2.09. The summed E-state index contributed by atoms with van der Waals surface area (Å²) in [5.41, 5.74) is 0. The molecule has 0 aliphatic rings. The molecule has 0 bridgehead atoms. The molecule has 6 heteroatoms. The average molecular weight is 232 g/mol. The maximum Gasteiger partial charge on any atom is 0.129 e. The van der Waals surface area contributed by atoms with Crippen molar-refractivity contribution in [1.82, 2.24) is 0 Å². The molecule has 0 rings (SSSR count). The molecular weight excluding hydrogens is 216 g/mol. The molecule has 0 unspecified atom stereocenters. The van der Waals surface area contributed by atoms with Crippen molar-refractivity contribution < 1.29 is 29.3 Å². The van der Waals surface area contributed by atoms with Crippen LogP contribution in [0.25, 0.3) is 0 Å². The Balaban J connectivity index is 4.80. The van der Waals surface area contributed by atoms with Crippen LogP contribution in [0.1, 0.15) is 27.7 Å². The second-order valence-corrected chi connectivity index (χ2v) is 3.85. The Morgan fingerprint density at radius 3 is 1.19 bits per heavy atom. The van der Waals surface area contributed by atoms with E-state index in [4.69, 9.17) is 9.47 Å². The van der Waals surface area contributed by atoms with Gasteiger partial charge < -0.3 is 29.3 Å². The molecule has 94 valence electrons. The lowest BCUT2D eigenvalue weighted by molar-refractivity contribution is -0.340. The van der Waals surface area contributed by atoms with E-state index in [1.807, 2.05) is 0 Å². The molecule has 0 aromatic rings. The molecular formula is C10H16O6-2. The smallest absolute Gasteiger partial charge is 0.129 e. The van der Waals surface area contributed by atoms with Gasteiger partial charge in [0.1, 0.15) is 12.2 Å². The van der Waals surface area contributed by atoms with Crippen molar-refractivity contribution in [3.05, 3.63) is 0 Å². The summed E-state index contributed by atoms with van der Waals surface area (Å²) in [4.78, 5) is 21.5. The lowest BCUT2D eigenvalue weighted by atomic mass is 10.2. The zero-order valence-corrected chi connectivity index (χ0v) is 9.76. The Kier molecular flexibility index (Phi) is 5.98. The van der Waals surface area contributed by atoms with Gasteiger partial charge in [-0.2, -0.15) is 0 Å². The number of aliphatic carboxylic acids is 2. The Morgan fingerprint density at radius 2 is 1.06 bits per heavy atom. The standard InChI is InChI=1S/C10H18O6/c1-5(2)15-7(9(11)12)8(10(13)14)16-6(3)4/h5-8H,1-4H3,(H,11,12)(H,13,14)/p-2/t7-,8-/m0/s1. The van der Waals surface area contributed by atoms with Gasteiger partial charge in [0, 0.05) is 0 Å². The predicted molar refractivity (Wildman–Crippen MR) is 50.0 cm³/mol. The van der Waals surface area contributed by atoms with Crippen molar-refractivity contribution in [1.29, 1.82) is 0 Å². The molecule has 0 spiro atoms. The molecule has 0 aliphatic heterocycles. The van der Waals surface area contributed by atoms with Crippen molar-refractivity contribution in [2.45, 2.75) is 52.1 Å². The highest BCUT2D eigenvalue weighted by Gasteiger charge is 2.27. The van der Waals surface area contributed by atoms with E-state index in [0.29, 0.717) is 0 Å². The van der Waals surface area contributed by atoms with Crippen LogP contribution in [-0.4, -0.2) is 36.4 Å². The summed E-state index contributed by atoms with van der Waals surface area (Å²) < 4.78 is 9.86. The van der Waals surface area contributed by atoms with E-state index in [0.717, 1.165) is 0 Å². The second-order valence-electron chi connectivity index (χ2n) is 3.85. The molecule has 0 saturated carbocycles. The van der Waals surface area contributed by atoms with Crippen molar-refractivity contribution in [3.63, 3.8) is 0 Å². The minimum atomic E-state index is -1.67. The predicted octanol–water partition coefficient (Wildman–Crippen LogP) is -1.93. The van der Waals surface area contributed by atoms with E-state index in [1.165, 1.54) is 0 Å². The maximum atomic E-state index is 10.8. The van der Waals surface area contributed by atoms with Gasteiger partial charge in [0.25, 0.3) is 0 Å². The zero-order chi connectivity index (χ0) is 12.9. The number of rotatable bonds is 7. The number of carboxylic acid groups (broad SMARTS) is 2. The normalized spacial score (nSPS) is 15.1. The molecule has 0 amide bonds. The second kappa shape index (κ2) is 6.44. The van der Waals surface area contributed by atoms with Crippen LogP contribution in [0.3, 0.4) is 0 Å². The van der Waals surface area contributed by atoms with Crippen LogP contribution in [-0.2, 0) is 19.1 Å². The molecule has 0 heterocycles. The van der Waals surface area contributed by atoms with Crippen LogP contribution in [0.4, 0.5) is 0 Å². The Hall–Kier alpha value is -1.14. The molecule has 0 aromatic heterocycles. The summed E-state index contributed by atoms with van der Waals surface area (Å²) in [6, 6.07) is 0. The fourth-order valence-electron chi connectivity index (χ4n) is 1.09. The van der Waals surface area contributed by atoms with Gasteiger partial charge >= 0.3 is 0 Å². The van der Waals surface area contributed by atoms with Crippen LogP contribution in [0.15, 0.2) is 0 Å². The number of carboxylic acids is 2. The van der Waals surface area contributed by atoms with Crippen LogP contribution in [0, 0.1) is 0 Å². The molecule has 0 radical (unpaired) electrons. The number of ether oxygens (including phenoxy) is 2. The molecule has 0 aliphatic carbocycles. The van der Waals surface area contributed by atoms with E-state index in [-0.39, 0.29) is 0 Å². The van der Waals surface area contributed by atoms with Gasteiger partial charge in [0.2, 0.25) is 0 Å². The SMILES string of the molecule is CC(C)O[C@H](C(=O)[O-])[C@H](OC(C)C)C(=O)[O-]. The fraction of sp³-hybridized carbons (Fsp3) is 0.800. The quantitative estimate of drug-likeness (QED) is 0.507. The lowest BCUT2D eigenvalue weighted by Gasteiger charge is -2.31. The molecule has 2 atom stereocenters. The number of hydrogen-bond donors (Lipinski definition) is 0. The Bertz CT molecular complexity index is 222. The first-order valence-electron chi connectivity index (χ1n) is 4.98. The lowest BCUT2D eigenvalue weighted by Crippen LogP contribution is -2.55. The topological polar surface area (TPSA) is 98.7 Å². The summed E-state index contributed by atoms with van der Waals surface area (Å²) >= 11 is 0. The van der Waals surface area contributed by atoms with Crippen LogP contribution >= 0.6 is 0 Å². The molecule has 0 fully saturated rings. The largest absolute Gasteiger partial charge is 0.547 e. The monoisotopic (exact) mass is 232 g/mol. The number of hydrogen-bond acceptors (Lipinski definition) is 6. The van der Waals surface area contributed by atoms with E-state index in [2.05, 4.69) is 0 Å². The van der Waals surface area contributed by atoms with Gasteiger partial charge in [-0.25, -0.2) is 0 Å². The fourth-order valence-corrected chi connectivity index (χ4v) is 1.09. The summed E-state index contributed by atoms with van der Waals surface area (Å²) in [6.07, 6.45) is -4.26. The summed E-state index contributed by atoms with van der Waals surface area (Å²) in [5.74, 6) is -3.27. The van der Waals surface area contributed by atoms with Gasteiger partial charge in [-0.3, -0.25) is 0 Å². The highest BCUT2D eigenvalue weighted by atomic mass is 16.6. The van der Waals surface area contributed by atoms with Crippen molar-refractivity contribution in [3.8, 4) is 0 Å². The molecule has 16 heavy (non-hydrogen) atoms. The first-order chi connectivity index (χ1) is 7.25. The minimum Gasteiger partial charge on any atom is -0.547 e. The van der Waals surface area contributed by atoms with Gasteiger partial charge in [-0.15, -0.1) is 0 Å². The summed E-state index contributed by atoms with van der Waals surface area (Å²) in [6.45, 7) is 6.32. The van der Waals surface area contributed by atoms with Gasteiger partial charge in [-0.1, -0.05) is 0 Å². The average Bonchev–Trinajstić information content (AvgIpc) is 2.09. The van der Waals surface area contributed by atoms with Crippen LogP contribution in [0.5, 0.6) is 0 Å². The van der Waals surface area contributed by atoms with Crippen molar-refractivity contribution >= 4 is 11.9 Å². The highest BCUT2D eigenvalue weighted by molar-refractivity contribution is 5.81. The van der Waals surface area contributed by atoms with Crippen LogP contribution < -0.4 is 10.2 Å². The van der Waals surface area contributed by atoms with E-state index in [9.17, 15) is 19.8 Å². The molecule has 0 N–H and O–H groups in total. The van der Waals surface area contributed by atoms with Crippen molar-refractivity contribution in [2.75, 3.05) is 0 Å².